The van der Waals surface area contributed by atoms with Crippen LogP contribution in [0, 0.1) is 6.92 Å². The Morgan fingerprint density at radius 2 is 1.86 bits per heavy atom. The summed E-state index contributed by atoms with van der Waals surface area (Å²) in [5, 5.41) is 4.40. The zero-order valence-corrected chi connectivity index (χ0v) is 17.8. The first-order valence-corrected chi connectivity index (χ1v) is 10.0. The summed E-state index contributed by atoms with van der Waals surface area (Å²) >= 11 is 5.96. The van der Waals surface area contributed by atoms with E-state index in [1.165, 1.54) is 0 Å². The van der Waals surface area contributed by atoms with Crippen molar-refractivity contribution in [1.29, 1.82) is 0 Å². The van der Waals surface area contributed by atoms with Crippen molar-refractivity contribution < 1.29 is 14.3 Å². The Morgan fingerprint density at radius 3 is 2.48 bits per heavy atom. The number of aromatic nitrogens is 1. The number of fused-ring (bicyclic) bond motifs is 1. The molecule has 6 heteroatoms. The lowest BCUT2D eigenvalue weighted by atomic mass is 10.1. The van der Waals surface area contributed by atoms with E-state index in [9.17, 15) is 9.59 Å². The standard InChI is InChI=1S/C23H25ClN2O3/c1-5-14(2)25-22(27)13-19-15(3)26(21-11-10-18(29-4)12-20(19)21)23(28)16-6-8-17(24)9-7-16/h6-12,14H,5,13H2,1-4H3,(H,25,27)/t14-/m0/s1. The maximum absolute atomic E-state index is 13.3. The van der Waals surface area contributed by atoms with Crippen LogP contribution in [-0.4, -0.2) is 29.5 Å². The molecule has 1 atom stereocenters. The van der Waals surface area contributed by atoms with Crippen molar-refractivity contribution >= 4 is 34.3 Å². The van der Waals surface area contributed by atoms with Gasteiger partial charge in [0.25, 0.3) is 5.91 Å². The number of halogens is 1. The Bertz CT molecular complexity index is 1050. The van der Waals surface area contributed by atoms with E-state index in [-0.39, 0.29) is 24.3 Å². The first kappa shape index (κ1) is 20.9. The van der Waals surface area contributed by atoms with Crippen LogP contribution in [0.5, 0.6) is 5.75 Å². The van der Waals surface area contributed by atoms with E-state index in [1.807, 2.05) is 39.0 Å². The van der Waals surface area contributed by atoms with Crippen molar-refractivity contribution in [3.05, 3.63) is 64.3 Å². The molecule has 0 saturated heterocycles. The molecule has 152 valence electrons. The second-order valence-corrected chi connectivity index (χ2v) is 7.58. The van der Waals surface area contributed by atoms with E-state index < -0.39 is 0 Å². The Morgan fingerprint density at radius 1 is 1.17 bits per heavy atom. The minimum Gasteiger partial charge on any atom is -0.497 e. The van der Waals surface area contributed by atoms with E-state index in [4.69, 9.17) is 16.3 Å². The third-order valence-electron chi connectivity index (χ3n) is 5.19. The molecular weight excluding hydrogens is 388 g/mol. The number of ether oxygens (including phenoxy) is 1. The summed E-state index contributed by atoms with van der Waals surface area (Å²) in [5.41, 5.74) is 2.84. The van der Waals surface area contributed by atoms with Crippen LogP contribution in [0.4, 0.5) is 0 Å². The molecule has 0 aliphatic rings. The minimum absolute atomic E-state index is 0.0664. The third kappa shape index (κ3) is 4.30. The topological polar surface area (TPSA) is 60.3 Å². The molecule has 1 heterocycles. The van der Waals surface area contributed by atoms with Crippen molar-refractivity contribution in [3.8, 4) is 5.75 Å². The molecule has 0 unspecified atom stereocenters. The summed E-state index contributed by atoms with van der Waals surface area (Å²) in [4.78, 5) is 25.8. The van der Waals surface area contributed by atoms with Crippen molar-refractivity contribution in [1.82, 2.24) is 9.88 Å². The van der Waals surface area contributed by atoms with Gasteiger partial charge in [-0.05, 0) is 68.3 Å². The highest BCUT2D eigenvalue weighted by Gasteiger charge is 2.22. The van der Waals surface area contributed by atoms with Gasteiger partial charge in [0.2, 0.25) is 5.91 Å². The number of rotatable bonds is 6. The molecule has 0 bridgehead atoms. The second kappa shape index (κ2) is 8.70. The Balaban J connectivity index is 2.10. The molecule has 0 radical (unpaired) electrons. The van der Waals surface area contributed by atoms with Crippen LogP contribution >= 0.6 is 11.6 Å². The number of hydrogen-bond acceptors (Lipinski definition) is 3. The first-order chi connectivity index (χ1) is 13.8. The zero-order valence-electron chi connectivity index (χ0n) is 17.1. The molecule has 1 aromatic heterocycles. The fourth-order valence-electron chi connectivity index (χ4n) is 3.38. The number of carbonyl (C=O) groups is 2. The molecule has 29 heavy (non-hydrogen) atoms. The third-order valence-corrected chi connectivity index (χ3v) is 5.45. The van der Waals surface area contributed by atoms with Crippen LogP contribution in [0.3, 0.4) is 0 Å². The highest BCUT2D eigenvalue weighted by Crippen LogP contribution is 2.31. The first-order valence-electron chi connectivity index (χ1n) is 9.63. The zero-order chi connectivity index (χ0) is 21.1. The molecule has 0 aliphatic heterocycles. The number of nitrogens with zero attached hydrogens (tertiary/aromatic N) is 1. The smallest absolute Gasteiger partial charge is 0.262 e. The van der Waals surface area contributed by atoms with Gasteiger partial charge >= 0.3 is 0 Å². The van der Waals surface area contributed by atoms with E-state index in [0.717, 1.165) is 28.6 Å². The molecule has 3 aromatic rings. The molecule has 3 rings (SSSR count). The fourth-order valence-corrected chi connectivity index (χ4v) is 3.51. The minimum atomic E-state index is -0.164. The van der Waals surface area contributed by atoms with Crippen molar-refractivity contribution in [2.75, 3.05) is 7.11 Å². The molecule has 0 fully saturated rings. The summed E-state index contributed by atoms with van der Waals surface area (Å²) in [7, 11) is 1.60. The summed E-state index contributed by atoms with van der Waals surface area (Å²) in [5.74, 6) is 0.448. The van der Waals surface area contributed by atoms with Crippen LogP contribution in [0.15, 0.2) is 42.5 Å². The van der Waals surface area contributed by atoms with Gasteiger partial charge in [-0.15, -0.1) is 0 Å². The molecule has 1 N–H and O–H groups in total. The lowest BCUT2D eigenvalue weighted by molar-refractivity contribution is -0.121. The number of hydrogen-bond donors (Lipinski definition) is 1. The van der Waals surface area contributed by atoms with Crippen LogP contribution in [0.2, 0.25) is 5.02 Å². The number of amides is 1. The van der Waals surface area contributed by atoms with Gasteiger partial charge in [0, 0.05) is 27.7 Å². The van der Waals surface area contributed by atoms with Crippen LogP contribution < -0.4 is 10.1 Å². The largest absolute Gasteiger partial charge is 0.497 e. The van der Waals surface area contributed by atoms with Crippen LogP contribution in [0.25, 0.3) is 10.9 Å². The summed E-state index contributed by atoms with van der Waals surface area (Å²) < 4.78 is 7.02. The number of carbonyl (C=O) groups excluding carboxylic acids is 2. The van der Waals surface area contributed by atoms with Crippen molar-refractivity contribution in [2.24, 2.45) is 0 Å². The average Bonchev–Trinajstić information content (AvgIpc) is 2.98. The van der Waals surface area contributed by atoms with Crippen molar-refractivity contribution in [2.45, 2.75) is 39.7 Å². The summed E-state index contributed by atoms with van der Waals surface area (Å²) in [6.07, 6.45) is 1.05. The lowest BCUT2D eigenvalue weighted by Crippen LogP contribution is -2.33. The monoisotopic (exact) mass is 412 g/mol. The Kier molecular flexibility index (Phi) is 6.28. The highest BCUT2D eigenvalue weighted by molar-refractivity contribution is 6.30. The fraction of sp³-hybridized carbons (Fsp3) is 0.304. The van der Waals surface area contributed by atoms with Gasteiger partial charge in [0.05, 0.1) is 19.0 Å². The molecule has 5 nitrogen and oxygen atoms in total. The number of benzene rings is 2. The van der Waals surface area contributed by atoms with E-state index in [1.54, 1.807) is 35.9 Å². The predicted octanol–water partition coefficient (Wildman–Crippen LogP) is 4.76. The van der Waals surface area contributed by atoms with Gasteiger partial charge in [0.1, 0.15) is 5.75 Å². The van der Waals surface area contributed by atoms with Gasteiger partial charge in [-0.25, -0.2) is 0 Å². The number of nitrogens with one attached hydrogen (secondary N) is 1. The van der Waals surface area contributed by atoms with Gasteiger partial charge in [0.15, 0.2) is 0 Å². The molecule has 2 aromatic carbocycles. The van der Waals surface area contributed by atoms with Crippen LogP contribution in [-0.2, 0) is 11.2 Å². The molecule has 0 aliphatic carbocycles. The van der Waals surface area contributed by atoms with Gasteiger partial charge < -0.3 is 10.1 Å². The molecule has 1 amide bonds. The van der Waals surface area contributed by atoms with Crippen molar-refractivity contribution in [3.63, 3.8) is 0 Å². The summed E-state index contributed by atoms with van der Waals surface area (Å²) in [6.45, 7) is 5.87. The maximum atomic E-state index is 13.3. The maximum Gasteiger partial charge on any atom is 0.262 e. The van der Waals surface area contributed by atoms with E-state index in [0.29, 0.717) is 16.3 Å². The SMILES string of the molecule is CC[C@H](C)NC(=O)Cc1c(C)n(C(=O)c2ccc(Cl)cc2)c2ccc(OC)cc12. The molecular formula is C23H25ClN2O3. The van der Waals surface area contributed by atoms with E-state index in [2.05, 4.69) is 5.32 Å². The lowest BCUT2D eigenvalue weighted by Gasteiger charge is -2.12. The van der Waals surface area contributed by atoms with Crippen LogP contribution in [0.1, 0.15) is 41.9 Å². The normalized spacial score (nSPS) is 12.0. The van der Waals surface area contributed by atoms with Gasteiger partial charge in [-0.1, -0.05) is 18.5 Å². The van der Waals surface area contributed by atoms with E-state index >= 15 is 0 Å². The quantitative estimate of drug-likeness (QED) is 0.635. The molecule has 0 saturated carbocycles. The Labute approximate surface area is 175 Å². The highest BCUT2D eigenvalue weighted by atomic mass is 35.5. The second-order valence-electron chi connectivity index (χ2n) is 7.15. The summed E-state index contributed by atoms with van der Waals surface area (Å²) in [6, 6.07) is 12.4. The predicted molar refractivity (Wildman–Crippen MR) is 116 cm³/mol. The number of methoxy groups -OCH3 is 1. The van der Waals surface area contributed by atoms with Gasteiger partial charge in [-0.3, -0.25) is 14.2 Å². The molecule has 0 spiro atoms. The average molecular weight is 413 g/mol. The Hall–Kier alpha value is -2.79. The van der Waals surface area contributed by atoms with Gasteiger partial charge in [-0.2, -0.15) is 0 Å².